The van der Waals surface area contributed by atoms with Gasteiger partial charge in [0.15, 0.2) is 0 Å². The molecule has 0 unspecified atom stereocenters. The molecular formula is C17H27N5O4S. The van der Waals surface area contributed by atoms with Crippen molar-refractivity contribution in [3.05, 3.63) is 18.7 Å². The molecule has 0 aromatic carbocycles. The third-order valence-corrected chi connectivity index (χ3v) is 6.65. The second kappa shape index (κ2) is 7.97. The Labute approximate surface area is 159 Å². The lowest BCUT2D eigenvalue weighted by Crippen LogP contribution is -2.57. The van der Waals surface area contributed by atoms with E-state index in [-0.39, 0.29) is 42.9 Å². The first-order valence-electron chi connectivity index (χ1n) is 9.31. The lowest BCUT2D eigenvalue weighted by molar-refractivity contribution is -0.138. The third-order valence-electron chi connectivity index (χ3n) is 5.43. The molecule has 2 aliphatic heterocycles. The van der Waals surface area contributed by atoms with E-state index < -0.39 is 10.0 Å². The van der Waals surface area contributed by atoms with Crippen LogP contribution in [0, 0.1) is 5.92 Å². The van der Waals surface area contributed by atoms with Crippen LogP contribution in [-0.2, 0) is 26.2 Å². The maximum absolute atomic E-state index is 12.7. The number of fused-ring (bicyclic) bond motifs is 1. The predicted molar refractivity (Wildman–Crippen MR) is 99.1 cm³/mol. The molecular weight excluding hydrogens is 370 g/mol. The Morgan fingerprint density at radius 2 is 2.19 bits per heavy atom. The molecule has 27 heavy (non-hydrogen) atoms. The van der Waals surface area contributed by atoms with E-state index in [0.29, 0.717) is 19.4 Å². The highest BCUT2D eigenvalue weighted by Gasteiger charge is 2.49. The molecule has 150 valence electrons. The summed E-state index contributed by atoms with van der Waals surface area (Å²) in [7, 11) is -3.42. The Morgan fingerprint density at radius 3 is 2.81 bits per heavy atom. The number of aromatic nitrogens is 2. The second-order valence-electron chi connectivity index (χ2n) is 7.27. The van der Waals surface area contributed by atoms with Crippen molar-refractivity contribution in [3.8, 4) is 0 Å². The molecule has 0 saturated carbocycles. The van der Waals surface area contributed by atoms with Gasteiger partial charge in [-0.25, -0.2) is 13.4 Å². The highest BCUT2D eigenvalue weighted by atomic mass is 32.2. The van der Waals surface area contributed by atoms with Crippen molar-refractivity contribution in [2.45, 2.75) is 44.8 Å². The number of piperazine rings is 1. The molecule has 10 heteroatoms. The van der Waals surface area contributed by atoms with Crippen LogP contribution in [0.4, 0.5) is 0 Å². The van der Waals surface area contributed by atoms with Crippen molar-refractivity contribution in [2.24, 2.45) is 5.92 Å². The number of rotatable bonds is 7. The van der Waals surface area contributed by atoms with Gasteiger partial charge in [-0.2, -0.15) is 4.31 Å². The monoisotopic (exact) mass is 397 g/mol. The van der Waals surface area contributed by atoms with Crippen LogP contribution in [-0.4, -0.2) is 77.0 Å². The van der Waals surface area contributed by atoms with Crippen molar-refractivity contribution in [2.75, 3.05) is 25.9 Å². The standard InChI is InChI=1S/C17H27N5O4S/c1-3-15-14(17(24)19-5-4-7-20-8-6-18-12-20)9-13-10-21(27(2,25)26)11-16(23)22(13)15/h6,8,12-15H,3-5,7,9-11H2,1-2H3,(H,19,24)/t13-,14-,15-/m1/s1. The molecule has 0 radical (unpaired) electrons. The normalized spacial score (nSPS) is 26.2. The number of hydrogen-bond acceptors (Lipinski definition) is 5. The number of aryl methyl sites for hydroxylation is 1. The van der Waals surface area contributed by atoms with Crippen LogP contribution >= 0.6 is 0 Å². The molecule has 0 spiro atoms. The largest absolute Gasteiger partial charge is 0.356 e. The topological polar surface area (TPSA) is 105 Å². The van der Waals surface area contributed by atoms with Gasteiger partial charge in [-0.1, -0.05) is 6.92 Å². The number of sulfonamides is 1. The number of carbonyl (C=O) groups is 2. The number of imidazole rings is 1. The van der Waals surface area contributed by atoms with E-state index >= 15 is 0 Å². The summed E-state index contributed by atoms with van der Waals surface area (Å²) in [4.78, 5) is 31.0. The Kier molecular flexibility index (Phi) is 5.85. The maximum Gasteiger partial charge on any atom is 0.238 e. The minimum atomic E-state index is -3.42. The van der Waals surface area contributed by atoms with E-state index in [1.54, 1.807) is 17.4 Å². The van der Waals surface area contributed by atoms with E-state index in [1.165, 1.54) is 4.31 Å². The van der Waals surface area contributed by atoms with Crippen LogP contribution in [0.3, 0.4) is 0 Å². The van der Waals surface area contributed by atoms with Crippen LogP contribution in [0.15, 0.2) is 18.7 Å². The smallest absolute Gasteiger partial charge is 0.238 e. The quantitative estimate of drug-likeness (QED) is 0.634. The number of nitrogens with one attached hydrogen (secondary N) is 1. The molecule has 9 nitrogen and oxygen atoms in total. The highest BCUT2D eigenvalue weighted by Crippen LogP contribution is 2.35. The average Bonchev–Trinajstić information content (AvgIpc) is 3.24. The zero-order valence-corrected chi connectivity index (χ0v) is 16.6. The van der Waals surface area contributed by atoms with E-state index in [2.05, 4.69) is 10.3 Å². The molecule has 3 rings (SSSR count). The van der Waals surface area contributed by atoms with Gasteiger partial charge < -0.3 is 14.8 Å². The van der Waals surface area contributed by atoms with Crippen molar-refractivity contribution in [1.29, 1.82) is 0 Å². The van der Waals surface area contributed by atoms with Crippen molar-refractivity contribution >= 4 is 21.8 Å². The van der Waals surface area contributed by atoms with Gasteiger partial charge in [0.2, 0.25) is 21.8 Å². The lowest BCUT2D eigenvalue weighted by Gasteiger charge is -2.38. The Morgan fingerprint density at radius 1 is 1.41 bits per heavy atom. The van der Waals surface area contributed by atoms with Crippen molar-refractivity contribution < 1.29 is 18.0 Å². The van der Waals surface area contributed by atoms with Gasteiger partial charge in [-0.3, -0.25) is 9.59 Å². The molecule has 3 heterocycles. The highest BCUT2D eigenvalue weighted by molar-refractivity contribution is 7.88. The predicted octanol–water partition coefficient (Wildman–Crippen LogP) is -0.340. The molecule has 0 bridgehead atoms. The molecule has 1 N–H and O–H groups in total. The zero-order valence-electron chi connectivity index (χ0n) is 15.7. The summed E-state index contributed by atoms with van der Waals surface area (Å²) < 4.78 is 26.8. The Bertz CT molecular complexity index is 779. The molecule has 2 aliphatic rings. The van der Waals surface area contributed by atoms with Gasteiger partial charge in [0.05, 0.1) is 25.0 Å². The first-order chi connectivity index (χ1) is 12.8. The number of nitrogens with zero attached hydrogens (tertiary/aromatic N) is 4. The number of amides is 2. The van der Waals surface area contributed by atoms with Crippen LogP contribution in [0.5, 0.6) is 0 Å². The first-order valence-corrected chi connectivity index (χ1v) is 11.2. The average molecular weight is 398 g/mol. The summed E-state index contributed by atoms with van der Waals surface area (Å²) >= 11 is 0. The van der Waals surface area contributed by atoms with Crippen LogP contribution in [0.1, 0.15) is 26.2 Å². The first kappa shape index (κ1) is 19.8. The van der Waals surface area contributed by atoms with E-state index in [0.717, 1.165) is 19.2 Å². The summed E-state index contributed by atoms with van der Waals surface area (Å²) in [6, 6.07) is -0.398. The van der Waals surface area contributed by atoms with E-state index in [4.69, 9.17) is 0 Å². The molecule has 2 saturated heterocycles. The molecule has 1 aromatic rings. The molecule has 3 atom stereocenters. The lowest BCUT2D eigenvalue weighted by atomic mass is 9.96. The van der Waals surface area contributed by atoms with Crippen LogP contribution < -0.4 is 5.32 Å². The maximum atomic E-state index is 12.7. The van der Waals surface area contributed by atoms with Gasteiger partial charge in [0, 0.05) is 44.1 Å². The zero-order chi connectivity index (χ0) is 19.6. The second-order valence-corrected chi connectivity index (χ2v) is 9.26. The Balaban J connectivity index is 1.59. The van der Waals surface area contributed by atoms with Gasteiger partial charge in [-0.05, 0) is 19.3 Å². The summed E-state index contributed by atoms with van der Waals surface area (Å²) in [5.41, 5.74) is 0. The van der Waals surface area contributed by atoms with E-state index in [9.17, 15) is 18.0 Å². The number of hydrogen-bond donors (Lipinski definition) is 1. The molecule has 2 fully saturated rings. The minimum absolute atomic E-state index is 0.0550. The van der Waals surface area contributed by atoms with Crippen molar-refractivity contribution in [1.82, 2.24) is 24.1 Å². The molecule has 1 aromatic heterocycles. The fourth-order valence-corrected chi connectivity index (χ4v) is 4.94. The van der Waals surface area contributed by atoms with Crippen LogP contribution in [0.25, 0.3) is 0 Å². The van der Waals surface area contributed by atoms with Gasteiger partial charge >= 0.3 is 0 Å². The summed E-state index contributed by atoms with van der Waals surface area (Å²) in [6.07, 6.45) is 8.42. The van der Waals surface area contributed by atoms with Gasteiger partial charge in [0.25, 0.3) is 0 Å². The molecule has 0 aliphatic carbocycles. The summed E-state index contributed by atoms with van der Waals surface area (Å²) in [6.45, 7) is 3.43. The van der Waals surface area contributed by atoms with E-state index in [1.807, 2.05) is 17.7 Å². The molecule has 2 amide bonds. The van der Waals surface area contributed by atoms with Gasteiger partial charge in [0.1, 0.15) is 0 Å². The van der Waals surface area contributed by atoms with Gasteiger partial charge in [-0.15, -0.1) is 0 Å². The minimum Gasteiger partial charge on any atom is -0.356 e. The Hall–Kier alpha value is -1.94. The summed E-state index contributed by atoms with van der Waals surface area (Å²) in [5.74, 6) is -0.559. The number of carbonyl (C=O) groups excluding carboxylic acids is 2. The fraction of sp³-hybridized carbons (Fsp3) is 0.706. The fourth-order valence-electron chi connectivity index (χ4n) is 4.15. The summed E-state index contributed by atoms with van der Waals surface area (Å²) in [5, 5.41) is 2.97. The van der Waals surface area contributed by atoms with Crippen LogP contribution in [0.2, 0.25) is 0 Å². The van der Waals surface area contributed by atoms with Crippen molar-refractivity contribution in [3.63, 3.8) is 0 Å². The third kappa shape index (κ3) is 4.32. The SMILES string of the molecule is CC[C@@H]1[C@H](C(=O)NCCCn2ccnc2)C[C@@H]2CN(S(C)(=O)=O)CC(=O)N21.